The lowest BCUT2D eigenvalue weighted by atomic mass is 10.1. The van der Waals surface area contributed by atoms with Crippen molar-refractivity contribution in [3.63, 3.8) is 0 Å². The van der Waals surface area contributed by atoms with E-state index in [4.69, 9.17) is 15.3 Å². The van der Waals surface area contributed by atoms with Gasteiger partial charge in [-0.15, -0.1) is 0 Å². The van der Waals surface area contributed by atoms with Crippen LogP contribution in [0.3, 0.4) is 0 Å². The van der Waals surface area contributed by atoms with Crippen LogP contribution in [0.15, 0.2) is 24.3 Å². The second-order valence-electron chi connectivity index (χ2n) is 6.74. The molecule has 6 heteroatoms. The summed E-state index contributed by atoms with van der Waals surface area (Å²) < 4.78 is 0. The molecule has 0 aromatic heterocycles. The second kappa shape index (κ2) is 22.9. The third-order valence-electron chi connectivity index (χ3n) is 4.02. The Morgan fingerprint density at radius 1 is 0.607 bits per heavy atom. The Kier molecular flexibility index (Phi) is 23.0. The molecule has 6 nitrogen and oxygen atoms in total. The van der Waals surface area contributed by atoms with Gasteiger partial charge in [-0.2, -0.15) is 0 Å². The molecule has 0 saturated carbocycles. The third kappa shape index (κ3) is 31.6. The molecule has 28 heavy (non-hydrogen) atoms. The Morgan fingerprint density at radius 2 is 1.00 bits per heavy atom. The molecule has 0 unspecified atom stereocenters. The maximum Gasteiger partial charge on any atom is 0.328 e. The highest BCUT2D eigenvalue weighted by Gasteiger charge is 1.95. The number of rotatable bonds is 17. The first-order chi connectivity index (χ1) is 13.4. The molecule has 0 atom stereocenters. The minimum absolute atomic E-state index is 0.332. The van der Waals surface area contributed by atoms with Gasteiger partial charge < -0.3 is 15.3 Å². The first kappa shape index (κ1) is 28.1. The first-order valence-corrected chi connectivity index (χ1v) is 10.4. The fraction of sp³-hybridized carbons (Fsp3) is 0.682. The van der Waals surface area contributed by atoms with Crippen molar-refractivity contribution in [2.45, 2.75) is 96.8 Å². The molecule has 0 aromatic carbocycles. The van der Waals surface area contributed by atoms with Crippen LogP contribution in [0, 0.1) is 0 Å². The maximum absolute atomic E-state index is 10.3. The highest BCUT2D eigenvalue weighted by Crippen LogP contribution is 2.09. The zero-order valence-corrected chi connectivity index (χ0v) is 17.3. The Balaban J connectivity index is 0. The summed E-state index contributed by atoms with van der Waals surface area (Å²) >= 11 is 0. The standard InChI is InChI=1S/C18H34O2.C4H4O4/c1-2-3-4-5-6-7-8-9-10-11-12-13-14-15-16-17-18(19)20;5-3(6)1-2-4(7)8/h9-10H,2-8,11-17H2,1H3,(H,19,20);1-2H,(H,5,6)(H,7,8). The molecule has 0 saturated heterocycles. The molecular weight excluding hydrogens is 360 g/mol. The van der Waals surface area contributed by atoms with Gasteiger partial charge in [-0.3, -0.25) is 4.79 Å². The zero-order valence-electron chi connectivity index (χ0n) is 17.3. The third-order valence-corrected chi connectivity index (χ3v) is 4.02. The summed E-state index contributed by atoms with van der Waals surface area (Å²) in [6.45, 7) is 2.26. The molecule has 0 fully saturated rings. The predicted octanol–water partition coefficient (Wildman–Crippen LogP) is 5.82. The van der Waals surface area contributed by atoms with Gasteiger partial charge in [0.1, 0.15) is 0 Å². The van der Waals surface area contributed by atoms with Crippen LogP contribution in [0.25, 0.3) is 0 Å². The van der Waals surface area contributed by atoms with Crippen molar-refractivity contribution in [2.24, 2.45) is 0 Å². The molecule has 0 aliphatic rings. The molecule has 0 aliphatic carbocycles. The number of carboxylic acids is 3. The summed E-state index contributed by atoms with van der Waals surface area (Å²) in [4.78, 5) is 29.4. The average Bonchev–Trinajstić information content (AvgIpc) is 2.63. The van der Waals surface area contributed by atoms with E-state index in [-0.39, 0.29) is 0 Å². The summed E-state index contributed by atoms with van der Waals surface area (Å²) in [6.07, 6.45) is 22.4. The zero-order chi connectivity index (χ0) is 21.5. The van der Waals surface area contributed by atoms with E-state index in [1.807, 2.05) is 0 Å². The van der Waals surface area contributed by atoms with Gasteiger partial charge in [-0.1, -0.05) is 70.4 Å². The summed E-state index contributed by atoms with van der Waals surface area (Å²) in [5.74, 6) is -3.18. The van der Waals surface area contributed by atoms with E-state index in [1.165, 1.54) is 70.6 Å². The average molecular weight is 399 g/mol. The molecule has 0 aromatic rings. The van der Waals surface area contributed by atoms with Crippen molar-refractivity contribution in [1.82, 2.24) is 0 Å². The van der Waals surface area contributed by atoms with Gasteiger partial charge in [-0.05, 0) is 32.1 Å². The fourth-order valence-corrected chi connectivity index (χ4v) is 2.49. The van der Waals surface area contributed by atoms with Crippen LogP contribution in [0.4, 0.5) is 0 Å². The van der Waals surface area contributed by atoms with E-state index in [9.17, 15) is 14.4 Å². The van der Waals surface area contributed by atoms with Gasteiger partial charge in [0.15, 0.2) is 0 Å². The van der Waals surface area contributed by atoms with E-state index in [2.05, 4.69) is 19.1 Å². The molecule has 0 amide bonds. The number of carboxylic acid groups (broad SMARTS) is 3. The van der Waals surface area contributed by atoms with Gasteiger partial charge in [0.2, 0.25) is 0 Å². The quantitative estimate of drug-likeness (QED) is 0.162. The van der Waals surface area contributed by atoms with Crippen molar-refractivity contribution >= 4 is 17.9 Å². The van der Waals surface area contributed by atoms with Crippen LogP contribution in [0.2, 0.25) is 0 Å². The van der Waals surface area contributed by atoms with E-state index in [1.54, 1.807) is 0 Å². The van der Waals surface area contributed by atoms with Crippen molar-refractivity contribution < 1.29 is 29.7 Å². The minimum Gasteiger partial charge on any atom is -0.481 e. The van der Waals surface area contributed by atoms with E-state index >= 15 is 0 Å². The van der Waals surface area contributed by atoms with Gasteiger partial charge >= 0.3 is 17.9 Å². The van der Waals surface area contributed by atoms with Crippen molar-refractivity contribution in [3.8, 4) is 0 Å². The normalized spacial score (nSPS) is 10.8. The lowest BCUT2D eigenvalue weighted by Gasteiger charge is -1.99. The topological polar surface area (TPSA) is 112 Å². The molecule has 0 spiro atoms. The van der Waals surface area contributed by atoms with Gasteiger partial charge in [0, 0.05) is 18.6 Å². The van der Waals surface area contributed by atoms with E-state index in [0.29, 0.717) is 18.6 Å². The summed E-state index contributed by atoms with van der Waals surface area (Å²) in [5, 5.41) is 24.1. The van der Waals surface area contributed by atoms with Gasteiger partial charge in [0.05, 0.1) is 0 Å². The number of carbonyl (C=O) groups is 3. The lowest BCUT2D eigenvalue weighted by molar-refractivity contribution is -0.137. The maximum atomic E-state index is 10.3. The highest BCUT2D eigenvalue weighted by atomic mass is 16.4. The van der Waals surface area contributed by atoms with Crippen molar-refractivity contribution in [3.05, 3.63) is 24.3 Å². The molecule has 0 aliphatic heterocycles. The number of aliphatic carboxylic acids is 3. The van der Waals surface area contributed by atoms with Gasteiger partial charge in [0.25, 0.3) is 0 Å². The van der Waals surface area contributed by atoms with Crippen LogP contribution < -0.4 is 0 Å². The number of allylic oxidation sites excluding steroid dienone is 2. The number of unbranched alkanes of at least 4 members (excludes halogenated alkanes) is 11. The van der Waals surface area contributed by atoms with Gasteiger partial charge in [-0.25, -0.2) is 9.59 Å². The molecule has 0 rings (SSSR count). The van der Waals surface area contributed by atoms with Crippen molar-refractivity contribution in [1.29, 1.82) is 0 Å². The Morgan fingerprint density at radius 3 is 1.39 bits per heavy atom. The fourth-order valence-electron chi connectivity index (χ4n) is 2.49. The lowest BCUT2D eigenvalue weighted by Crippen LogP contribution is -1.93. The summed E-state index contributed by atoms with van der Waals surface area (Å²) in [7, 11) is 0. The monoisotopic (exact) mass is 398 g/mol. The minimum atomic E-state index is -1.26. The predicted molar refractivity (Wildman–Crippen MR) is 111 cm³/mol. The first-order valence-electron chi connectivity index (χ1n) is 10.4. The molecule has 0 radical (unpaired) electrons. The van der Waals surface area contributed by atoms with Crippen LogP contribution in [-0.4, -0.2) is 33.2 Å². The Labute approximate surface area is 169 Å². The summed E-state index contributed by atoms with van der Waals surface area (Å²) in [6, 6.07) is 0. The molecule has 0 bridgehead atoms. The van der Waals surface area contributed by atoms with Crippen LogP contribution >= 0.6 is 0 Å². The number of hydrogen-bond acceptors (Lipinski definition) is 3. The van der Waals surface area contributed by atoms with Crippen molar-refractivity contribution in [2.75, 3.05) is 0 Å². The smallest absolute Gasteiger partial charge is 0.328 e. The SMILES string of the molecule is CCCCCCCCC=CCCCCCCCC(=O)O.O=C(O)C=CC(=O)O. The summed E-state index contributed by atoms with van der Waals surface area (Å²) in [5.41, 5.74) is 0. The molecule has 162 valence electrons. The van der Waals surface area contributed by atoms with Crippen LogP contribution in [0.1, 0.15) is 96.8 Å². The van der Waals surface area contributed by atoms with E-state index < -0.39 is 17.9 Å². The number of hydrogen-bond donors (Lipinski definition) is 3. The van der Waals surface area contributed by atoms with E-state index in [0.717, 1.165) is 12.8 Å². The Hall–Kier alpha value is -2.11. The van der Waals surface area contributed by atoms with Crippen LogP contribution in [-0.2, 0) is 14.4 Å². The van der Waals surface area contributed by atoms with Crippen LogP contribution in [0.5, 0.6) is 0 Å². The largest absolute Gasteiger partial charge is 0.481 e. The second-order valence-corrected chi connectivity index (χ2v) is 6.74. The molecular formula is C22H38O6. The highest BCUT2D eigenvalue weighted by molar-refractivity contribution is 5.89. The molecule has 3 N–H and O–H groups in total. The Bertz CT molecular complexity index is 438. The molecule has 0 heterocycles.